The molecular formula is C18H21FN4O2. The van der Waals surface area contributed by atoms with Gasteiger partial charge in [0.15, 0.2) is 5.69 Å². The number of aromatic amines is 1. The summed E-state index contributed by atoms with van der Waals surface area (Å²) in [4.78, 5) is 26.5. The lowest BCUT2D eigenvalue weighted by Crippen LogP contribution is -2.56. The van der Waals surface area contributed by atoms with Gasteiger partial charge in [0.05, 0.1) is 12.1 Å². The minimum absolute atomic E-state index is 0.147. The fourth-order valence-electron chi connectivity index (χ4n) is 3.36. The van der Waals surface area contributed by atoms with Crippen molar-refractivity contribution in [3.05, 3.63) is 30.0 Å². The van der Waals surface area contributed by atoms with Gasteiger partial charge in [0.25, 0.3) is 11.8 Å². The third kappa shape index (κ3) is 3.10. The Bertz CT molecular complexity index is 816. The second-order valence-corrected chi connectivity index (χ2v) is 7.07. The van der Waals surface area contributed by atoms with Gasteiger partial charge in [-0.1, -0.05) is 18.2 Å². The van der Waals surface area contributed by atoms with Gasteiger partial charge >= 0.3 is 0 Å². The SMILES string of the molecule is O=C(c1n[nH]c2ccccc12)N1CCCC(F)(C(=O)NCC2CC2)C1. The highest BCUT2D eigenvalue weighted by atomic mass is 19.1. The molecule has 2 fully saturated rings. The van der Waals surface area contributed by atoms with Crippen molar-refractivity contribution in [1.29, 1.82) is 0 Å². The highest BCUT2D eigenvalue weighted by Crippen LogP contribution is 2.30. The van der Waals surface area contributed by atoms with Gasteiger partial charge < -0.3 is 10.2 Å². The molecule has 2 heterocycles. The van der Waals surface area contributed by atoms with Crippen LogP contribution in [0.25, 0.3) is 10.9 Å². The maximum absolute atomic E-state index is 15.2. The average molecular weight is 344 g/mol. The van der Waals surface area contributed by atoms with E-state index < -0.39 is 11.6 Å². The molecule has 1 aromatic heterocycles. The number of alkyl halides is 1. The van der Waals surface area contributed by atoms with Crippen LogP contribution in [0.15, 0.2) is 24.3 Å². The lowest BCUT2D eigenvalue weighted by molar-refractivity contribution is -0.135. The number of fused-ring (bicyclic) bond motifs is 1. The summed E-state index contributed by atoms with van der Waals surface area (Å²) in [6.45, 7) is 0.744. The summed E-state index contributed by atoms with van der Waals surface area (Å²) < 4.78 is 15.2. The molecule has 2 aliphatic rings. The molecule has 25 heavy (non-hydrogen) atoms. The lowest BCUT2D eigenvalue weighted by atomic mass is 9.93. The number of nitrogens with zero attached hydrogens (tertiary/aromatic N) is 2. The second kappa shape index (κ2) is 6.13. The molecule has 2 amide bonds. The monoisotopic (exact) mass is 344 g/mol. The number of carbonyl (C=O) groups excluding carboxylic acids is 2. The molecule has 7 heteroatoms. The van der Waals surface area contributed by atoms with Gasteiger partial charge in [-0.15, -0.1) is 0 Å². The first kappa shape index (κ1) is 16.1. The van der Waals surface area contributed by atoms with E-state index in [1.54, 1.807) is 6.07 Å². The van der Waals surface area contributed by atoms with Crippen LogP contribution in [-0.4, -0.2) is 52.2 Å². The quantitative estimate of drug-likeness (QED) is 0.891. The van der Waals surface area contributed by atoms with E-state index in [2.05, 4.69) is 15.5 Å². The van der Waals surface area contributed by atoms with Crippen molar-refractivity contribution in [2.75, 3.05) is 19.6 Å². The maximum atomic E-state index is 15.2. The Morgan fingerprint density at radius 1 is 1.36 bits per heavy atom. The largest absolute Gasteiger partial charge is 0.353 e. The molecule has 1 unspecified atom stereocenters. The predicted molar refractivity (Wildman–Crippen MR) is 90.8 cm³/mol. The molecule has 1 atom stereocenters. The first-order valence-corrected chi connectivity index (χ1v) is 8.76. The standard InChI is InChI=1S/C18H21FN4O2/c19-18(17(25)20-10-12-6-7-12)8-3-9-23(11-18)16(24)15-13-4-1-2-5-14(13)21-22-15/h1-2,4-5,12H,3,6-11H2,(H,20,25)(H,21,22). The van der Waals surface area contributed by atoms with Crippen LogP contribution in [0.2, 0.25) is 0 Å². The zero-order valence-corrected chi connectivity index (χ0v) is 13.9. The van der Waals surface area contributed by atoms with Crippen LogP contribution >= 0.6 is 0 Å². The molecular weight excluding hydrogens is 323 g/mol. The van der Waals surface area contributed by atoms with E-state index in [0.29, 0.717) is 30.8 Å². The highest BCUT2D eigenvalue weighted by molar-refractivity contribution is 6.05. The maximum Gasteiger partial charge on any atom is 0.275 e. The Hall–Kier alpha value is -2.44. The number of piperidine rings is 1. The molecule has 4 rings (SSSR count). The zero-order valence-electron chi connectivity index (χ0n) is 13.9. The van der Waals surface area contributed by atoms with E-state index in [1.165, 1.54) is 4.90 Å². The van der Waals surface area contributed by atoms with E-state index in [4.69, 9.17) is 0 Å². The zero-order chi connectivity index (χ0) is 17.4. The van der Waals surface area contributed by atoms with Gasteiger partial charge in [0.2, 0.25) is 5.67 Å². The number of nitrogens with one attached hydrogen (secondary N) is 2. The molecule has 1 aromatic carbocycles. The Kier molecular flexibility index (Phi) is 3.94. The van der Waals surface area contributed by atoms with Crippen LogP contribution < -0.4 is 5.32 Å². The Morgan fingerprint density at radius 3 is 2.96 bits per heavy atom. The van der Waals surface area contributed by atoms with Crippen LogP contribution in [0.4, 0.5) is 4.39 Å². The third-order valence-corrected chi connectivity index (χ3v) is 5.06. The summed E-state index contributed by atoms with van der Waals surface area (Å²) in [6, 6.07) is 7.32. The number of halogens is 1. The number of aromatic nitrogens is 2. The summed E-state index contributed by atoms with van der Waals surface area (Å²) >= 11 is 0. The van der Waals surface area contributed by atoms with Crippen molar-refractivity contribution >= 4 is 22.7 Å². The third-order valence-electron chi connectivity index (χ3n) is 5.06. The van der Waals surface area contributed by atoms with Crippen LogP contribution in [0, 0.1) is 5.92 Å². The van der Waals surface area contributed by atoms with Gasteiger partial charge in [0.1, 0.15) is 0 Å². The van der Waals surface area contributed by atoms with Crippen molar-refractivity contribution in [3.8, 4) is 0 Å². The fraction of sp³-hybridized carbons (Fsp3) is 0.500. The average Bonchev–Trinajstić information content (AvgIpc) is 3.36. The molecule has 132 valence electrons. The normalized spacial score (nSPS) is 23.6. The van der Waals surface area contributed by atoms with Crippen LogP contribution in [0.5, 0.6) is 0 Å². The molecule has 0 bridgehead atoms. The van der Waals surface area contributed by atoms with Crippen molar-refractivity contribution in [2.45, 2.75) is 31.4 Å². The molecule has 2 N–H and O–H groups in total. The Balaban J connectivity index is 1.50. The second-order valence-electron chi connectivity index (χ2n) is 7.07. The number of rotatable bonds is 4. The number of H-pyrrole nitrogens is 1. The minimum Gasteiger partial charge on any atom is -0.353 e. The van der Waals surface area contributed by atoms with Gasteiger partial charge in [-0.05, 0) is 37.7 Å². The highest BCUT2D eigenvalue weighted by Gasteiger charge is 2.44. The van der Waals surface area contributed by atoms with Crippen LogP contribution in [0.3, 0.4) is 0 Å². The number of benzene rings is 1. The Morgan fingerprint density at radius 2 is 2.16 bits per heavy atom. The van der Waals surface area contributed by atoms with Gasteiger partial charge in [-0.25, -0.2) is 4.39 Å². The number of para-hydroxylation sites is 1. The minimum atomic E-state index is -2.02. The molecule has 0 spiro atoms. The van der Waals surface area contributed by atoms with Crippen molar-refractivity contribution in [2.24, 2.45) is 5.92 Å². The van der Waals surface area contributed by atoms with E-state index >= 15 is 4.39 Å². The number of likely N-dealkylation sites (tertiary alicyclic amines) is 1. The Labute approximate surface area is 144 Å². The van der Waals surface area contributed by atoms with Crippen molar-refractivity contribution in [1.82, 2.24) is 20.4 Å². The molecule has 0 radical (unpaired) electrons. The summed E-state index contributed by atoms with van der Waals surface area (Å²) in [7, 11) is 0. The van der Waals surface area contributed by atoms with E-state index in [-0.39, 0.29) is 24.6 Å². The first-order valence-electron chi connectivity index (χ1n) is 8.76. The summed E-state index contributed by atoms with van der Waals surface area (Å²) in [6.07, 6.45) is 2.79. The van der Waals surface area contributed by atoms with Crippen LogP contribution in [-0.2, 0) is 4.79 Å². The van der Waals surface area contributed by atoms with Gasteiger partial charge in [-0.3, -0.25) is 14.7 Å². The van der Waals surface area contributed by atoms with Crippen molar-refractivity contribution < 1.29 is 14.0 Å². The van der Waals surface area contributed by atoms with Crippen LogP contribution in [0.1, 0.15) is 36.2 Å². The lowest BCUT2D eigenvalue weighted by Gasteiger charge is -2.36. The molecule has 2 aromatic rings. The molecule has 1 saturated heterocycles. The molecule has 1 saturated carbocycles. The topological polar surface area (TPSA) is 78.1 Å². The molecule has 6 nitrogen and oxygen atoms in total. The van der Waals surface area contributed by atoms with E-state index in [1.807, 2.05) is 18.2 Å². The number of carbonyl (C=O) groups is 2. The van der Waals surface area contributed by atoms with E-state index in [0.717, 1.165) is 18.4 Å². The number of hydrogen-bond donors (Lipinski definition) is 2. The molecule has 1 aliphatic carbocycles. The van der Waals surface area contributed by atoms with Gasteiger partial charge in [0, 0.05) is 18.5 Å². The fourth-order valence-corrected chi connectivity index (χ4v) is 3.36. The predicted octanol–water partition coefficient (Wildman–Crippen LogP) is 2.03. The summed E-state index contributed by atoms with van der Waals surface area (Å²) in [5.41, 5.74) is -0.982. The summed E-state index contributed by atoms with van der Waals surface area (Å²) in [5, 5.41) is 10.3. The van der Waals surface area contributed by atoms with E-state index in [9.17, 15) is 9.59 Å². The number of amides is 2. The van der Waals surface area contributed by atoms with Crippen molar-refractivity contribution in [3.63, 3.8) is 0 Å². The smallest absolute Gasteiger partial charge is 0.275 e. The summed E-state index contributed by atoms with van der Waals surface area (Å²) in [5.74, 6) is -0.442. The molecule has 1 aliphatic heterocycles. The van der Waals surface area contributed by atoms with Gasteiger partial charge in [-0.2, -0.15) is 5.10 Å². The first-order chi connectivity index (χ1) is 12.1. The number of hydrogen-bond acceptors (Lipinski definition) is 3.